The predicted octanol–water partition coefficient (Wildman–Crippen LogP) is 1.92. The molecule has 0 aromatic carbocycles. The van der Waals surface area contributed by atoms with Gasteiger partial charge in [0.05, 0.1) is 17.3 Å². The zero-order chi connectivity index (χ0) is 14.1. The molecule has 106 valence electrons. The Morgan fingerprint density at radius 1 is 1.55 bits per heavy atom. The first-order valence-electron chi connectivity index (χ1n) is 7.02. The van der Waals surface area contributed by atoms with E-state index >= 15 is 0 Å². The second-order valence-corrected chi connectivity index (χ2v) is 5.63. The van der Waals surface area contributed by atoms with E-state index in [-0.39, 0.29) is 0 Å². The summed E-state index contributed by atoms with van der Waals surface area (Å²) in [6.07, 6.45) is 6.92. The predicted molar refractivity (Wildman–Crippen MR) is 76.1 cm³/mol. The van der Waals surface area contributed by atoms with Gasteiger partial charge in [0, 0.05) is 19.2 Å². The third kappa shape index (κ3) is 2.41. The normalized spacial score (nSPS) is 20.4. The highest BCUT2D eigenvalue weighted by Gasteiger charge is 2.20. The van der Waals surface area contributed by atoms with Crippen LogP contribution in [0.2, 0.25) is 0 Å². The van der Waals surface area contributed by atoms with Crippen LogP contribution in [0.5, 0.6) is 0 Å². The second kappa shape index (κ2) is 5.25. The molecule has 3 rings (SSSR count). The van der Waals surface area contributed by atoms with Crippen molar-refractivity contribution < 1.29 is 9.90 Å². The SMILES string of the molecule is CN1CCCC(Cc2ncc3c(C(=O)O)cccn23)C1. The van der Waals surface area contributed by atoms with Crippen molar-refractivity contribution in [2.24, 2.45) is 5.92 Å². The number of aromatic nitrogens is 2. The van der Waals surface area contributed by atoms with E-state index in [2.05, 4.69) is 16.9 Å². The highest BCUT2D eigenvalue weighted by atomic mass is 16.4. The molecule has 1 aliphatic heterocycles. The summed E-state index contributed by atoms with van der Waals surface area (Å²) in [4.78, 5) is 18.0. The van der Waals surface area contributed by atoms with E-state index in [1.807, 2.05) is 10.6 Å². The first-order chi connectivity index (χ1) is 9.65. The van der Waals surface area contributed by atoms with Gasteiger partial charge in [-0.25, -0.2) is 9.78 Å². The lowest BCUT2D eigenvalue weighted by Crippen LogP contribution is -2.33. The average Bonchev–Trinajstić information content (AvgIpc) is 2.82. The Kier molecular flexibility index (Phi) is 3.44. The molecule has 1 fully saturated rings. The van der Waals surface area contributed by atoms with Crippen LogP contribution < -0.4 is 0 Å². The number of pyridine rings is 1. The van der Waals surface area contributed by atoms with Crippen molar-refractivity contribution in [1.29, 1.82) is 0 Å². The number of rotatable bonds is 3. The van der Waals surface area contributed by atoms with E-state index in [0.29, 0.717) is 17.0 Å². The summed E-state index contributed by atoms with van der Waals surface area (Å²) in [5.41, 5.74) is 0.992. The van der Waals surface area contributed by atoms with Crippen LogP contribution in [0.25, 0.3) is 5.52 Å². The van der Waals surface area contributed by atoms with Gasteiger partial charge in [0.15, 0.2) is 0 Å². The van der Waals surface area contributed by atoms with Crippen LogP contribution in [-0.4, -0.2) is 45.5 Å². The molecule has 3 heterocycles. The van der Waals surface area contributed by atoms with Crippen molar-refractivity contribution in [3.05, 3.63) is 35.9 Å². The third-order valence-corrected chi connectivity index (χ3v) is 4.07. The summed E-state index contributed by atoms with van der Waals surface area (Å²) in [5.74, 6) is 0.663. The molecule has 20 heavy (non-hydrogen) atoms. The monoisotopic (exact) mass is 273 g/mol. The maximum Gasteiger partial charge on any atom is 0.337 e. The van der Waals surface area contributed by atoms with Gasteiger partial charge >= 0.3 is 5.97 Å². The lowest BCUT2D eigenvalue weighted by Gasteiger charge is -2.29. The summed E-state index contributed by atoms with van der Waals surface area (Å²) >= 11 is 0. The standard InChI is InChI=1S/C15H19N3O2/c1-17-6-2-4-11(10-17)8-14-16-9-13-12(15(19)20)5-3-7-18(13)14/h3,5,7,9,11H,2,4,6,8,10H2,1H3,(H,19,20). The molecule has 1 unspecified atom stereocenters. The molecule has 0 amide bonds. The molecule has 0 bridgehead atoms. The Hall–Kier alpha value is -1.88. The number of piperidine rings is 1. The number of carboxylic acid groups (broad SMARTS) is 1. The molecule has 5 heteroatoms. The van der Waals surface area contributed by atoms with Crippen molar-refractivity contribution >= 4 is 11.5 Å². The molecule has 5 nitrogen and oxygen atoms in total. The van der Waals surface area contributed by atoms with Crippen LogP contribution in [0, 0.1) is 5.92 Å². The van der Waals surface area contributed by atoms with Crippen LogP contribution in [0.3, 0.4) is 0 Å². The number of nitrogens with zero attached hydrogens (tertiary/aromatic N) is 3. The Bertz CT molecular complexity index is 635. The molecule has 1 atom stereocenters. The molecule has 2 aromatic rings. The Labute approximate surface area is 117 Å². The molecule has 0 saturated carbocycles. The Morgan fingerprint density at radius 3 is 3.15 bits per heavy atom. The van der Waals surface area contributed by atoms with Gasteiger partial charge < -0.3 is 14.4 Å². The largest absolute Gasteiger partial charge is 0.478 e. The van der Waals surface area contributed by atoms with Crippen molar-refractivity contribution in [2.75, 3.05) is 20.1 Å². The van der Waals surface area contributed by atoms with Crippen molar-refractivity contribution in [2.45, 2.75) is 19.3 Å². The minimum Gasteiger partial charge on any atom is -0.478 e. The number of imidazole rings is 1. The van der Waals surface area contributed by atoms with Gasteiger partial charge in [-0.2, -0.15) is 0 Å². The molecule has 1 saturated heterocycles. The molecule has 0 spiro atoms. The van der Waals surface area contributed by atoms with Crippen LogP contribution in [0.1, 0.15) is 29.0 Å². The average molecular weight is 273 g/mol. The number of carboxylic acids is 1. The first kappa shape index (κ1) is 13.1. The highest BCUT2D eigenvalue weighted by Crippen LogP contribution is 2.21. The molecule has 0 radical (unpaired) electrons. The fraction of sp³-hybridized carbons (Fsp3) is 0.467. The van der Waals surface area contributed by atoms with Crippen LogP contribution >= 0.6 is 0 Å². The summed E-state index contributed by atoms with van der Waals surface area (Å²) in [6, 6.07) is 3.39. The second-order valence-electron chi connectivity index (χ2n) is 5.63. The molecule has 2 aromatic heterocycles. The molecular weight excluding hydrogens is 254 g/mol. The van der Waals surface area contributed by atoms with E-state index in [9.17, 15) is 9.90 Å². The van der Waals surface area contributed by atoms with E-state index in [1.54, 1.807) is 18.3 Å². The number of likely N-dealkylation sites (tertiary alicyclic amines) is 1. The number of carbonyl (C=O) groups is 1. The number of hydrogen-bond acceptors (Lipinski definition) is 3. The van der Waals surface area contributed by atoms with Gasteiger partial charge in [0.1, 0.15) is 5.82 Å². The fourth-order valence-corrected chi connectivity index (χ4v) is 3.11. The Balaban J connectivity index is 1.89. The van der Waals surface area contributed by atoms with E-state index < -0.39 is 5.97 Å². The summed E-state index contributed by atoms with van der Waals surface area (Å²) in [6.45, 7) is 2.26. The minimum absolute atomic E-state index is 0.312. The summed E-state index contributed by atoms with van der Waals surface area (Å²) < 4.78 is 1.91. The fourth-order valence-electron chi connectivity index (χ4n) is 3.11. The van der Waals surface area contributed by atoms with Crippen molar-refractivity contribution in [1.82, 2.24) is 14.3 Å². The minimum atomic E-state index is -0.903. The summed E-state index contributed by atoms with van der Waals surface area (Å²) in [7, 11) is 2.15. The maximum atomic E-state index is 11.2. The van der Waals surface area contributed by atoms with Gasteiger partial charge in [-0.05, 0) is 44.5 Å². The van der Waals surface area contributed by atoms with Gasteiger partial charge in [0.25, 0.3) is 0 Å². The topological polar surface area (TPSA) is 57.8 Å². The number of aromatic carboxylic acids is 1. The quantitative estimate of drug-likeness (QED) is 0.928. The first-order valence-corrected chi connectivity index (χ1v) is 7.02. The molecule has 1 aliphatic rings. The maximum absolute atomic E-state index is 11.2. The van der Waals surface area contributed by atoms with Gasteiger partial charge in [0.2, 0.25) is 0 Å². The van der Waals surface area contributed by atoms with Crippen LogP contribution in [0.4, 0.5) is 0 Å². The lowest BCUT2D eigenvalue weighted by atomic mass is 9.95. The number of hydrogen-bond donors (Lipinski definition) is 1. The van der Waals surface area contributed by atoms with Crippen LogP contribution in [0.15, 0.2) is 24.5 Å². The van der Waals surface area contributed by atoms with Gasteiger partial charge in [-0.1, -0.05) is 0 Å². The Morgan fingerprint density at radius 2 is 2.40 bits per heavy atom. The van der Waals surface area contributed by atoms with Gasteiger partial charge in [-0.3, -0.25) is 0 Å². The zero-order valence-electron chi connectivity index (χ0n) is 11.6. The molecule has 1 N–H and O–H groups in total. The number of fused-ring (bicyclic) bond motifs is 1. The van der Waals surface area contributed by atoms with Gasteiger partial charge in [-0.15, -0.1) is 0 Å². The van der Waals surface area contributed by atoms with E-state index in [0.717, 1.165) is 18.8 Å². The smallest absolute Gasteiger partial charge is 0.337 e. The highest BCUT2D eigenvalue weighted by molar-refractivity contribution is 5.95. The zero-order valence-corrected chi connectivity index (χ0v) is 11.6. The third-order valence-electron chi connectivity index (χ3n) is 4.07. The summed E-state index contributed by atoms with van der Waals surface area (Å²) in [5, 5.41) is 9.20. The van der Waals surface area contributed by atoms with Crippen molar-refractivity contribution in [3.63, 3.8) is 0 Å². The van der Waals surface area contributed by atoms with Crippen LogP contribution in [-0.2, 0) is 6.42 Å². The van der Waals surface area contributed by atoms with Crippen molar-refractivity contribution in [3.8, 4) is 0 Å². The molecule has 0 aliphatic carbocycles. The van der Waals surface area contributed by atoms with E-state index in [1.165, 1.54) is 19.4 Å². The van der Waals surface area contributed by atoms with E-state index in [4.69, 9.17) is 0 Å². The molecular formula is C15H19N3O2. The lowest BCUT2D eigenvalue weighted by molar-refractivity contribution is 0.0698.